The van der Waals surface area contributed by atoms with Gasteiger partial charge in [0.1, 0.15) is 6.07 Å². The van der Waals surface area contributed by atoms with Gasteiger partial charge in [-0.25, -0.2) is 0 Å². The Labute approximate surface area is 166 Å². The minimum Gasteiger partial charge on any atom is -0.335 e. The van der Waals surface area contributed by atoms with Crippen molar-refractivity contribution < 1.29 is 9.59 Å². The molecule has 1 atom stereocenters. The first-order chi connectivity index (χ1) is 13.6. The van der Waals surface area contributed by atoms with Crippen LogP contribution in [0.25, 0.3) is 0 Å². The predicted molar refractivity (Wildman–Crippen MR) is 105 cm³/mol. The molecule has 1 aromatic heterocycles. The zero-order valence-corrected chi connectivity index (χ0v) is 15.4. The number of rotatable bonds is 4. The number of pyridine rings is 1. The summed E-state index contributed by atoms with van der Waals surface area (Å²) in [6.07, 6.45) is 1.62. The zero-order chi connectivity index (χ0) is 19.9. The fourth-order valence-corrected chi connectivity index (χ4v) is 2.75. The molecule has 0 aliphatic heterocycles. The van der Waals surface area contributed by atoms with Crippen LogP contribution in [-0.2, 0) is 9.59 Å². The van der Waals surface area contributed by atoms with Gasteiger partial charge in [0, 0.05) is 11.9 Å². The van der Waals surface area contributed by atoms with Crippen LogP contribution < -0.4 is 10.6 Å². The molecule has 138 valence electrons. The molecule has 0 saturated heterocycles. The zero-order valence-electron chi connectivity index (χ0n) is 14.6. The maximum absolute atomic E-state index is 12.5. The maximum Gasteiger partial charge on any atom is 0.313 e. The number of hydrogen-bond donors (Lipinski definition) is 2. The Morgan fingerprint density at radius 1 is 1.00 bits per heavy atom. The molecule has 7 heteroatoms. The van der Waals surface area contributed by atoms with Crippen molar-refractivity contribution in [2.75, 3.05) is 5.32 Å². The number of carbonyl (C=O) groups excluding carboxylic acids is 2. The Kier molecular flexibility index (Phi) is 6.00. The van der Waals surface area contributed by atoms with Crippen LogP contribution in [0.1, 0.15) is 22.9 Å². The van der Waals surface area contributed by atoms with E-state index in [4.69, 9.17) is 16.9 Å². The number of aromatic nitrogens is 1. The van der Waals surface area contributed by atoms with E-state index in [1.54, 1.807) is 18.3 Å². The molecule has 3 rings (SSSR count). The molecule has 0 spiro atoms. The fraction of sp³-hybridized carbons (Fsp3) is 0.0476. The topological polar surface area (TPSA) is 94.9 Å². The predicted octanol–water partition coefficient (Wildman–Crippen LogP) is 3.45. The molecular weight excluding hydrogens is 376 g/mol. The monoisotopic (exact) mass is 390 g/mol. The van der Waals surface area contributed by atoms with Crippen molar-refractivity contribution in [3.8, 4) is 6.07 Å². The van der Waals surface area contributed by atoms with Gasteiger partial charge in [0.15, 0.2) is 0 Å². The van der Waals surface area contributed by atoms with Crippen molar-refractivity contribution in [1.29, 1.82) is 5.26 Å². The highest BCUT2D eigenvalue weighted by atomic mass is 35.5. The highest BCUT2D eigenvalue weighted by molar-refractivity contribution is 6.39. The Bertz CT molecular complexity index is 994. The molecule has 2 N–H and O–H groups in total. The SMILES string of the molecule is N#Cc1cc(NC(=O)C(=O)N[C@@H](c2ccccc2)c2ccccn2)ccc1Cl. The van der Waals surface area contributed by atoms with Crippen LogP contribution in [0.2, 0.25) is 5.02 Å². The number of anilines is 1. The first-order valence-electron chi connectivity index (χ1n) is 8.36. The summed E-state index contributed by atoms with van der Waals surface area (Å²) in [5.74, 6) is -1.68. The van der Waals surface area contributed by atoms with E-state index in [1.165, 1.54) is 18.2 Å². The molecule has 0 radical (unpaired) electrons. The molecule has 2 aromatic carbocycles. The van der Waals surface area contributed by atoms with Gasteiger partial charge in [-0.05, 0) is 35.9 Å². The lowest BCUT2D eigenvalue weighted by molar-refractivity contribution is -0.136. The summed E-state index contributed by atoms with van der Waals surface area (Å²) in [5.41, 5.74) is 1.90. The van der Waals surface area contributed by atoms with Crippen molar-refractivity contribution in [2.45, 2.75) is 6.04 Å². The third kappa shape index (κ3) is 4.53. The van der Waals surface area contributed by atoms with Crippen LogP contribution in [0.15, 0.2) is 72.9 Å². The van der Waals surface area contributed by atoms with Gasteiger partial charge in [-0.1, -0.05) is 48.0 Å². The number of nitrogens with one attached hydrogen (secondary N) is 2. The van der Waals surface area contributed by atoms with Gasteiger partial charge >= 0.3 is 11.8 Å². The number of carbonyl (C=O) groups is 2. The van der Waals surface area contributed by atoms with E-state index < -0.39 is 17.9 Å². The number of hydrogen-bond acceptors (Lipinski definition) is 4. The van der Waals surface area contributed by atoms with E-state index in [-0.39, 0.29) is 10.6 Å². The van der Waals surface area contributed by atoms with Gasteiger partial charge in [0.05, 0.1) is 22.3 Å². The van der Waals surface area contributed by atoms with Gasteiger partial charge in [-0.2, -0.15) is 5.26 Å². The fourth-order valence-electron chi connectivity index (χ4n) is 2.59. The minimum absolute atomic E-state index is 0.204. The van der Waals surface area contributed by atoms with E-state index in [0.29, 0.717) is 11.4 Å². The van der Waals surface area contributed by atoms with Crippen molar-refractivity contribution in [2.24, 2.45) is 0 Å². The molecule has 0 aliphatic rings. The average Bonchev–Trinajstić information content (AvgIpc) is 2.74. The van der Waals surface area contributed by atoms with Gasteiger partial charge in [0.25, 0.3) is 0 Å². The summed E-state index contributed by atoms with van der Waals surface area (Å²) in [4.78, 5) is 29.1. The Hall–Kier alpha value is -3.69. The summed E-state index contributed by atoms with van der Waals surface area (Å²) in [7, 11) is 0. The highest BCUT2D eigenvalue weighted by Crippen LogP contribution is 2.21. The molecule has 0 unspecified atom stereocenters. The number of halogens is 1. The summed E-state index contributed by atoms with van der Waals surface area (Å²) >= 11 is 5.88. The third-order valence-electron chi connectivity index (χ3n) is 3.94. The lowest BCUT2D eigenvalue weighted by atomic mass is 10.0. The lowest BCUT2D eigenvalue weighted by Crippen LogP contribution is -2.38. The van der Waals surface area contributed by atoms with E-state index in [2.05, 4.69) is 15.6 Å². The molecule has 0 fully saturated rings. The molecule has 6 nitrogen and oxygen atoms in total. The van der Waals surface area contributed by atoms with Crippen molar-refractivity contribution in [3.05, 3.63) is 94.8 Å². The number of amides is 2. The average molecular weight is 391 g/mol. The summed E-state index contributed by atoms with van der Waals surface area (Å²) < 4.78 is 0. The molecular formula is C21H15ClN4O2. The highest BCUT2D eigenvalue weighted by Gasteiger charge is 2.22. The second-order valence-electron chi connectivity index (χ2n) is 5.83. The smallest absolute Gasteiger partial charge is 0.313 e. The van der Waals surface area contributed by atoms with Crippen LogP contribution in [0.5, 0.6) is 0 Å². The van der Waals surface area contributed by atoms with E-state index in [0.717, 1.165) is 5.56 Å². The molecule has 0 aliphatic carbocycles. The van der Waals surface area contributed by atoms with Crippen LogP contribution in [0.4, 0.5) is 5.69 Å². The van der Waals surface area contributed by atoms with Crippen LogP contribution in [0, 0.1) is 11.3 Å². The molecule has 2 amide bonds. The first kappa shape index (κ1) is 19.1. The van der Waals surface area contributed by atoms with Crippen molar-refractivity contribution in [3.63, 3.8) is 0 Å². The van der Waals surface area contributed by atoms with Gasteiger partial charge in [-0.3, -0.25) is 14.6 Å². The van der Waals surface area contributed by atoms with Gasteiger partial charge < -0.3 is 10.6 Å². The van der Waals surface area contributed by atoms with E-state index in [1.807, 2.05) is 42.5 Å². The van der Waals surface area contributed by atoms with Gasteiger partial charge in [-0.15, -0.1) is 0 Å². The largest absolute Gasteiger partial charge is 0.335 e. The summed E-state index contributed by atoms with van der Waals surface area (Å²) in [6, 6.07) is 20.3. The van der Waals surface area contributed by atoms with E-state index in [9.17, 15) is 9.59 Å². The second kappa shape index (κ2) is 8.80. The maximum atomic E-state index is 12.5. The normalized spacial score (nSPS) is 11.1. The third-order valence-corrected chi connectivity index (χ3v) is 4.27. The van der Waals surface area contributed by atoms with Gasteiger partial charge in [0.2, 0.25) is 0 Å². The number of benzene rings is 2. The van der Waals surface area contributed by atoms with Crippen LogP contribution >= 0.6 is 11.6 Å². The van der Waals surface area contributed by atoms with Crippen molar-refractivity contribution in [1.82, 2.24) is 10.3 Å². The Morgan fingerprint density at radius 3 is 2.43 bits per heavy atom. The molecule has 1 heterocycles. The van der Waals surface area contributed by atoms with Crippen molar-refractivity contribution >= 4 is 29.1 Å². The second-order valence-corrected chi connectivity index (χ2v) is 6.24. The molecule has 0 saturated carbocycles. The van der Waals surface area contributed by atoms with E-state index >= 15 is 0 Å². The lowest BCUT2D eigenvalue weighted by Gasteiger charge is -2.18. The molecule has 28 heavy (non-hydrogen) atoms. The number of nitriles is 1. The first-order valence-corrected chi connectivity index (χ1v) is 8.73. The summed E-state index contributed by atoms with van der Waals surface area (Å²) in [5, 5.41) is 14.5. The number of nitrogens with zero attached hydrogens (tertiary/aromatic N) is 2. The Morgan fingerprint density at radius 2 is 1.75 bits per heavy atom. The minimum atomic E-state index is -0.858. The standard InChI is InChI=1S/C21H15ClN4O2/c22-17-10-9-16(12-15(17)13-23)25-20(27)21(28)26-19(14-6-2-1-3-7-14)18-8-4-5-11-24-18/h1-12,19H,(H,25,27)(H,26,28)/t19-/m0/s1. The van der Waals surface area contributed by atoms with Crippen LogP contribution in [0.3, 0.4) is 0 Å². The Balaban J connectivity index is 1.78. The van der Waals surface area contributed by atoms with Crippen LogP contribution in [-0.4, -0.2) is 16.8 Å². The molecule has 3 aromatic rings. The summed E-state index contributed by atoms with van der Waals surface area (Å²) in [6.45, 7) is 0. The molecule has 0 bridgehead atoms. The quantitative estimate of drug-likeness (QED) is 0.667.